The van der Waals surface area contributed by atoms with Crippen LogP contribution in [0, 0.1) is 40.4 Å². The highest BCUT2D eigenvalue weighted by Crippen LogP contribution is 2.75. The topological polar surface area (TPSA) is 74.6 Å². The number of allylic oxidation sites excluding steroid dienone is 1. The van der Waals surface area contributed by atoms with Gasteiger partial charge in [0, 0.05) is 12.8 Å². The summed E-state index contributed by atoms with van der Waals surface area (Å²) in [4.78, 5) is 23.2. The number of carboxylic acid groups (broad SMARTS) is 1. The molecule has 4 saturated carbocycles. The molecule has 0 unspecified atom stereocenters. The van der Waals surface area contributed by atoms with Crippen LogP contribution in [0.25, 0.3) is 0 Å². The van der Waals surface area contributed by atoms with Crippen LogP contribution in [0.5, 0.6) is 0 Å². The third-order valence-electron chi connectivity index (χ3n) is 9.83. The predicted molar refractivity (Wildman–Crippen MR) is 101 cm³/mol. The van der Waals surface area contributed by atoms with E-state index in [1.165, 1.54) is 12.0 Å². The van der Waals surface area contributed by atoms with E-state index >= 15 is 0 Å². The van der Waals surface area contributed by atoms with Gasteiger partial charge in [-0.1, -0.05) is 19.4 Å². The molecule has 0 aliphatic heterocycles. The van der Waals surface area contributed by atoms with Gasteiger partial charge in [-0.2, -0.15) is 0 Å². The average molecular weight is 373 g/mol. The van der Waals surface area contributed by atoms with Crippen LogP contribution in [0.2, 0.25) is 0 Å². The number of carbonyl (C=O) groups excluding carboxylic acids is 1. The zero-order chi connectivity index (χ0) is 19.2. The van der Waals surface area contributed by atoms with Crippen molar-refractivity contribution in [2.24, 2.45) is 40.4 Å². The Kier molecular flexibility index (Phi) is 3.62. The van der Waals surface area contributed by atoms with Crippen LogP contribution in [0.3, 0.4) is 0 Å². The molecule has 4 nitrogen and oxygen atoms in total. The molecule has 27 heavy (non-hydrogen) atoms. The Morgan fingerprint density at radius 3 is 2.67 bits per heavy atom. The molecule has 148 valence electrons. The minimum absolute atomic E-state index is 0.0612. The standard InChI is InChI=1S/C23H32O4/c1-21-7-3-13(24)11-18(21)14-12-15(14)20-16(21)4-8-22(2)17(20)5-9-23(22,27)10-6-19(25)26/h11,14-17,20,27H,3-10,12H2,1-2H3,(H,25,26)/t14-,15+,16+,17+,20-,21-,22+,23+/m1/s1. The van der Waals surface area contributed by atoms with Crippen LogP contribution < -0.4 is 0 Å². The minimum Gasteiger partial charge on any atom is -0.481 e. The Morgan fingerprint density at radius 1 is 1.19 bits per heavy atom. The fraction of sp³-hybridized carbons (Fsp3) is 0.826. The number of aliphatic carboxylic acids is 1. The maximum absolute atomic E-state index is 12.1. The van der Waals surface area contributed by atoms with Crippen molar-refractivity contribution in [3.8, 4) is 0 Å². The van der Waals surface area contributed by atoms with E-state index in [9.17, 15) is 14.7 Å². The third-order valence-corrected chi connectivity index (χ3v) is 9.83. The molecule has 0 radical (unpaired) electrons. The van der Waals surface area contributed by atoms with Crippen molar-refractivity contribution in [1.29, 1.82) is 0 Å². The second-order valence-corrected chi connectivity index (χ2v) is 10.7. The van der Waals surface area contributed by atoms with Gasteiger partial charge in [0.1, 0.15) is 0 Å². The fourth-order valence-electron chi connectivity index (χ4n) is 8.24. The highest BCUT2D eigenvalue weighted by molar-refractivity contribution is 5.92. The van der Waals surface area contributed by atoms with Crippen molar-refractivity contribution in [2.75, 3.05) is 0 Å². The third kappa shape index (κ3) is 2.25. The smallest absolute Gasteiger partial charge is 0.303 e. The van der Waals surface area contributed by atoms with Crippen LogP contribution in [0.4, 0.5) is 0 Å². The number of rotatable bonds is 3. The van der Waals surface area contributed by atoms with E-state index in [4.69, 9.17) is 5.11 Å². The van der Waals surface area contributed by atoms with E-state index in [0.717, 1.165) is 32.1 Å². The normalized spacial score (nSPS) is 52.9. The van der Waals surface area contributed by atoms with Crippen molar-refractivity contribution in [3.63, 3.8) is 0 Å². The summed E-state index contributed by atoms with van der Waals surface area (Å²) >= 11 is 0. The Hall–Kier alpha value is -1.16. The lowest BCUT2D eigenvalue weighted by Crippen LogP contribution is -2.55. The lowest BCUT2D eigenvalue weighted by molar-refractivity contribution is -0.148. The first-order chi connectivity index (χ1) is 12.7. The Morgan fingerprint density at radius 2 is 1.93 bits per heavy atom. The lowest BCUT2D eigenvalue weighted by Gasteiger charge is -2.59. The lowest BCUT2D eigenvalue weighted by atomic mass is 9.46. The second kappa shape index (κ2) is 5.46. The van der Waals surface area contributed by atoms with Crippen LogP contribution in [-0.4, -0.2) is 27.6 Å². The van der Waals surface area contributed by atoms with Crippen molar-refractivity contribution in [2.45, 2.75) is 77.2 Å². The Bertz CT molecular complexity index is 741. The van der Waals surface area contributed by atoms with E-state index in [0.29, 0.717) is 48.2 Å². The first kappa shape index (κ1) is 17.9. The minimum atomic E-state index is -0.828. The molecule has 0 spiro atoms. The summed E-state index contributed by atoms with van der Waals surface area (Å²) in [7, 11) is 0. The number of fused-ring (bicyclic) bond motifs is 8. The summed E-state index contributed by atoms with van der Waals surface area (Å²) in [5.41, 5.74) is 0.635. The van der Waals surface area contributed by atoms with Crippen molar-refractivity contribution >= 4 is 11.8 Å². The SMILES string of the molecule is C[C@]12CCC(=O)C=C1[C@@H]1C[C@@H]1[C@@H]1[C@@H]2CC[C@@]2(C)[C@H]1CC[C@]2(O)CCC(=O)O. The summed E-state index contributed by atoms with van der Waals surface area (Å²) in [6.07, 6.45) is 9.22. The number of carboxylic acids is 1. The van der Waals surface area contributed by atoms with Gasteiger partial charge in [0.25, 0.3) is 0 Å². The molecule has 5 aliphatic carbocycles. The Labute approximate surface area is 161 Å². The van der Waals surface area contributed by atoms with Gasteiger partial charge >= 0.3 is 5.97 Å². The summed E-state index contributed by atoms with van der Waals surface area (Å²) < 4.78 is 0. The number of carbonyl (C=O) groups is 2. The molecule has 0 amide bonds. The van der Waals surface area contributed by atoms with Gasteiger partial charge in [0.2, 0.25) is 0 Å². The molecule has 0 aromatic rings. The van der Waals surface area contributed by atoms with Crippen LogP contribution in [0.1, 0.15) is 71.6 Å². The maximum Gasteiger partial charge on any atom is 0.303 e. The van der Waals surface area contributed by atoms with Gasteiger partial charge in [-0.15, -0.1) is 0 Å². The predicted octanol–water partition coefficient (Wildman–Crippen LogP) is 3.97. The van der Waals surface area contributed by atoms with Crippen LogP contribution in [-0.2, 0) is 9.59 Å². The highest BCUT2D eigenvalue weighted by Gasteiger charge is 2.69. The van der Waals surface area contributed by atoms with E-state index in [2.05, 4.69) is 13.8 Å². The van der Waals surface area contributed by atoms with Gasteiger partial charge in [-0.25, -0.2) is 0 Å². The molecule has 5 rings (SSSR count). The van der Waals surface area contributed by atoms with E-state index in [1.807, 2.05) is 6.08 Å². The molecular formula is C23H32O4. The molecule has 4 heteroatoms. The average Bonchev–Trinajstić information content (AvgIpc) is 3.35. The van der Waals surface area contributed by atoms with Gasteiger partial charge in [0.05, 0.1) is 5.60 Å². The molecule has 4 fully saturated rings. The monoisotopic (exact) mass is 372 g/mol. The molecule has 0 saturated heterocycles. The first-order valence-electron chi connectivity index (χ1n) is 10.9. The number of aliphatic hydroxyl groups is 1. The molecule has 0 bridgehead atoms. The maximum atomic E-state index is 12.1. The van der Waals surface area contributed by atoms with Gasteiger partial charge in [-0.3, -0.25) is 9.59 Å². The molecular weight excluding hydrogens is 340 g/mol. The summed E-state index contributed by atoms with van der Waals surface area (Å²) in [6, 6.07) is 0. The van der Waals surface area contributed by atoms with Crippen molar-refractivity contribution < 1.29 is 19.8 Å². The molecule has 2 N–H and O–H groups in total. The van der Waals surface area contributed by atoms with Crippen LogP contribution >= 0.6 is 0 Å². The van der Waals surface area contributed by atoms with Crippen molar-refractivity contribution in [1.82, 2.24) is 0 Å². The molecule has 0 aromatic heterocycles. The van der Waals surface area contributed by atoms with E-state index in [-0.39, 0.29) is 17.3 Å². The number of hydrogen-bond donors (Lipinski definition) is 2. The number of ketones is 1. The van der Waals surface area contributed by atoms with Crippen LogP contribution in [0.15, 0.2) is 11.6 Å². The molecule has 8 atom stereocenters. The second-order valence-electron chi connectivity index (χ2n) is 10.7. The van der Waals surface area contributed by atoms with E-state index < -0.39 is 11.6 Å². The van der Waals surface area contributed by atoms with Gasteiger partial charge in [0.15, 0.2) is 5.78 Å². The van der Waals surface area contributed by atoms with Gasteiger partial charge < -0.3 is 10.2 Å². The van der Waals surface area contributed by atoms with Gasteiger partial charge in [-0.05, 0) is 91.4 Å². The quantitative estimate of drug-likeness (QED) is 0.786. The van der Waals surface area contributed by atoms with E-state index in [1.54, 1.807) is 0 Å². The molecule has 0 aromatic carbocycles. The largest absolute Gasteiger partial charge is 0.481 e. The summed E-state index contributed by atoms with van der Waals surface area (Å²) in [6.45, 7) is 4.66. The zero-order valence-corrected chi connectivity index (χ0v) is 16.5. The molecule has 5 aliphatic rings. The number of hydrogen-bond acceptors (Lipinski definition) is 3. The highest BCUT2D eigenvalue weighted by atomic mass is 16.4. The Balaban J connectivity index is 1.48. The summed E-state index contributed by atoms with van der Waals surface area (Å²) in [5, 5.41) is 20.6. The fourth-order valence-corrected chi connectivity index (χ4v) is 8.24. The molecule has 0 heterocycles. The zero-order valence-electron chi connectivity index (χ0n) is 16.5. The van der Waals surface area contributed by atoms with Crippen molar-refractivity contribution in [3.05, 3.63) is 11.6 Å². The summed E-state index contributed by atoms with van der Waals surface area (Å²) in [5.74, 6) is 2.56. The first-order valence-corrected chi connectivity index (χ1v) is 10.9.